The van der Waals surface area contributed by atoms with Gasteiger partial charge >= 0.3 is 0 Å². The molecule has 6 N–H and O–H groups in total. The minimum atomic E-state index is -1.50. The van der Waals surface area contributed by atoms with Crippen molar-refractivity contribution >= 4 is 0 Å². The Morgan fingerprint density at radius 2 is 1.52 bits per heavy atom. The lowest BCUT2D eigenvalue weighted by molar-refractivity contribution is -0.336. The minimum absolute atomic E-state index is 0.0131. The van der Waals surface area contributed by atoms with Crippen LogP contribution in [0.4, 0.5) is 0 Å². The van der Waals surface area contributed by atoms with E-state index in [2.05, 4.69) is 61.5 Å². The number of ether oxygens (including phenoxy) is 2. The fraction of sp³-hybridized carbons (Fsp3) is 0.944. The number of hydrogen-bond donors (Lipinski definition) is 6. The molecule has 1 heterocycles. The molecule has 44 heavy (non-hydrogen) atoms. The summed E-state index contributed by atoms with van der Waals surface area (Å²) < 4.78 is 12.6. The average Bonchev–Trinajstić information content (AvgIpc) is 3.33. The summed E-state index contributed by atoms with van der Waals surface area (Å²) in [5.74, 6) is 0.713. The van der Waals surface area contributed by atoms with Gasteiger partial charge in [0.1, 0.15) is 24.4 Å². The summed E-state index contributed by atoms with van der Waals surface area (Å²) in [6.45, 7) is 17.5. The average molecular weight is 623 g/mol. The van der Waals surface area contributed by atoms with E-state index in [-0.39, 0.29) is 39.6 Å². The molecule has 254 valence electrons. The third-order valence-electron chi connectivity index (χ3n) is 14.6. The van der Waals surface area contributed by atoms with Crippen LogP contribution in [0.5, 0.6) is 0 Å². The van der Waals surface area contributed by atoms with Gasteiger partial charge < -0.3 is 40.1 Å². The largest absolute Gasteiger partial charge is 0.394 e. The molecule has 0 bridgehead atoms. The van der Waals surface area contributed by atoms with E-state index in [0.29, 0.717) is 18.3 Å². The second-order valence-electron chi connectivity index (χ2n) is 17.3. The van der Waals surface area contributed by atoms with Gasteiger partial charge in [-0.25, -0.2) is 0 Å². The Morgan fingerprint density at radius 1 is 0.864 bits per heavy atom. The first-order valence-electron chi connectivity index (χ1n) is 17.3. The monoisotopic (exact) mass is 622 g/mol. The molecule has 0 aromatic rings. The highest BCUT2D eigenvalue weighted by Gasteiger charge is 2.71. The van der Waals surface area contributed by atoms with Crippen molar-refractivity contribution in [3.63, 3.8) is 0 Å². The van der Waals surface area contributed by atoms with Gasteiger partial charge in [0.25, 0.3) is 0 Å². The maximum Gasteiger partial charge on any atom is 0.187 e. The van der Waals surface area contributed by atoms with E-state index in [1.165, 1.54) is 5.57 Å². The van der Waals surface area contributed by atoms with Crippen LogP contribution in [0.3, 0.4) is 0 Å². The van der Waals surface area contributed by atoms with E-state index in [0.717, 1.165) is 51.4 Å². The first-order valence-corrected chi connectivity index (χ1v) is 17.3. The number of hydrogen-bond acceptors (Lipinski definition) is 8. The molecular weight excluding hydrogens is 560 g/mol. The van der Waals surface area contributed by atoms with Crippen LogP contribution >= 0.6 is 0 Å². The number of rotatable bonds is 7. The Hall–Kier alpha value is -0.580. The van der Waals surface area contributed by atoms with Gasteiger partial charge in [-0.15, -0.1) is 0 Å². The van der Waals surface area contributed by atoms with Crippen molar-refractivity contribution in [3.05, 3.63) is 11.6 Å². The first-order chi connectivity index (χ1) is 20.4. The number of allylic oxidation sites excluding steroid dienone is 2. The third kappa shape index (κ3) is 5.17. The van der Waals surface area contributed by atoms with Gasteiger partial charge in [-0.2, -0.15) is 0 Å². The maximum atomic E-state index is 12.2. The molecule has 8 heteroatoms. The molecule has 15 atom stereocenters. The second-order valence-corrected chi connectivity index (χ2v) is 17.3. The van der Waals surface area contributed by atoms with Crippen LogP contribution in [0.2, 0.25) is 0 Å². The van der Waals surface area contributed by atoms with Crippen LogP contribution in [-0.2, 0) is 9.47 Å². The molecule has 8 nitrogen and oxygen atoms in total. The van der Waals surface area contributed by atoms with E-state index < -0.39 is 49.0 Å². The highest BCUT2D eigenvalue weighted by molar-refractivity contribution is 5.20. The van der Waals surface area contributed by atoms with Crippen LogP contribution in [-0.4, -0.2) is 85.8 Å². The predicted octanol–water partition coefficient (Wildman–Crippen LogP) is 4.32. The van der Waals surface area contributed by atoms with Gasteiger partial charge in [-0.05, 0) is 124 Å². The lowest BCUT2D eigenvalue weighted by atomic mass is 9.35. The van der Waals surface area contributed by atoms with E-state index in [9.17, 15) is 30.6 Å². The molecule has 4 aliphatic carbocycles. The SMILES string of the molecule is CC(C)=CCC[C@](C)(O[C@H]1O[C@H](CO)[C@@H](O)[C@H](O)[C@H]1O)[C@H]1CC[C@]2(C)[C@@H]1[C@H](O)C[C@@H]1[C@@]3(C)CC[C@H](O)C(C)(C)[C@H]3CC[C@]12C. The molecule has 5 rings (SSSR count). The maximum absolute atomic E-state index is 12.2. The topological polar surface area (TPSA) is 140 Å². The van der Waals surface area contributed by atoms with Crippen molar-refractivity contribution in [2.24, 2.45) is 45.3 Å². The fourth-order valence-electron chi connectivity index (χ4n) is 11.8. The third-order valence-corrected chi connectivity index (χ3v) is 14.6. The number of aliphatic hydroxyl groups excluding tert-OH is 6. The molecule has 0 aromatic carbocycles. The van der Waals surface area contributed by atoms with Crippen LogP contribution in [0.25, 0.3) is 0 Å². The number of aliphatic hydroxyl groups is 6. The standard InChI is InChI=1S/C36H62O8/c1-20(2)10-9-14-36(8,44-31-30(42)29(41)28(40)23(19-37)43-31)21-11-16-35(7)27(21)22(38)18-25-33(5)15-13-26(39)32(3,4)24(33)12-17-34(25,35)6/h10,21-31,37-42H,9,11-19H2,1-8H3/t21-,22+,23+,24+,25+,26-,27-,28+,29-,30+,31+,33-,34+,35+,36-/m0/s1. The molecule has 1 aliphatic heterocycles. The van der Waals surface area contributed by atoms with E-state index in [1.54, 1.807) is 0 Å². The summed E-state index contributed by atoms with van der Waals surface area (Å²) in [4.78, 5) is 0. The fourth-order valence-corrected chi connectivity index (χ4v) is 11.8. The molecule has 0 spiro atoms. The van der Waals surface area contributed by atoms with Crippen molar-refractivity contribution in [3.8, 4) is 0 Å². The van der Waals surface area contributed by atoms with E-state index >= 15 is 0 Å². The Kier molecular flexibility index (Phi) is 9.35. The van der Waals surface area contributed by atoms with Crippen molar-refractivity contribution in [1.82, 2.24) is 0 Å². The molecule has 1 saturated heterocycles. The van der Waals surface area contributed by atoms with Gasteiger partial charge in [-0.1, -0.05) is 46.3 Å². The lowest BCUT2D eigenvalue weighted by Gasteiger charge is -2.70. The second kappa shape index (κ2) is 11.8. The van der Waals surface area contributed by atoms with Crippen LogP contribution < -0.4 is 0 Å². The first kappa shape index (κ1) is 34.7. The van der Waals surface area contributed by atoms with Crippen LogP contribution in [0.1, 0.15) is 113 Å². The summed E-state index contributed by atoms with van der Waals surface area (Å²) >= 11 is 0. The van der Waals surface area contributed by atoms with Crippen molar-refractivity contribution < 1.29 is 40.1 Å². The van der Waals surface area contributed by atoms with Gasteiger partial charge in [0.05, 0.1) is 24.4 Å². The van der Waals surface area contributed by atoms with Crippen LogP contribution in [0.15, 0.2) is 11.6 Å². The van der Waals surface area contributed by atoms with E-state index in [1.807, 2.05) is 0 Å². The molecule has 0 aromatic heterocycles. The van der Waals surface area contributed by atoms with Crippen molar-refractivity contribution in [2.75, 3.05) is 6.61 Å². The zero-order chi connectivity index (χ0) is 32.6. The van der Waals surface area contributed by atoms with Gasteiger partial charge in [0.2, 0.25) is 0 Å². The predicted molar refractivity (Wildman–Crippen MR) is 168 cm³/mol. The minimum Gasteiger partial charge on any atom is -0.394 e. The highest BCUT2D eigenvalue weighted by Crippen LogP contribution is 2.76. The molecule has 4 saturated carbocycles. The smallest absolute Gasteiger partial charge is 0.187 e. The summed E-state index contributed by atoms with van der Waals surface area (Å²) in [6.07, 6.45) is 2.60. The Balaban J connectivity index is 1.49. The quantitative estimate of drug-likeness (QED) is 0.231. The Labute approximate surface area is 265 Å². The zero-order valence-corrected chi connectivity index (χ0v) is 28.5. The lowest BCUT2D eigenvalue weighted by Crippen LogP contribution is -2.67. The van der Waals surface area contributed by atoms with Crippen molar-refractivity contribution in [2.45, 2.75) is 162 Å². The summed E-state index contributed by atoms with van der Waals surface area (Å²) in [5.41, 5.74) is 0.171. The molecule has 5 fully saturated rings. The van der Waals surface area contributed by atoms with Crippen LogP contribution in [0, 0.1) is 45.3 Å². The van der Waals surface area contributed by atoms with E-state index in [4.69, 9.17) is 9.47 Å². The summed E-state index contributed by atoms with van der Waals surface area (Å²) in [7, 11) is 0. The summed E-state index contributed by atoms with van der Waals surface area (Å²) in [5, 5.41) is 65.0. The van der Waals surface area contributed by atoms with Gasteiger partial charge in [0.15, 0.2) is 6.29 Å². The molecular formula is C36H62O8. The highest BCUT2D eigenvalue weighted by atomic mass is 16.7. The van der Waals surface area contributed by atoms with Crippen molar-refractivity contribution in [1.29, 1.82) is 0 Å². The normalized spacial score (nSPS) is 51.5. The Bertz CT molecular complexity index is 1070. The summed E-state index contributed by atoms with van der Waals surface area (Å²) in [6, 6.07) is 0. The molecule has 0 radical (unpaired) electrons. The molecule has 5 aliphatic rings. The van der Waals surface area contributed by atoms with Gasteiger partial charge in [-0.3, -0.25) is 0 Å². The van der Waals surface area contributed by atoms with Gasteiger partial charge in [0, 0.05) is 0 Å². The molecule has 0 unspecified atom stereocenters. The number of fused-ring (bicyclic) bond motifs is 5. The Morgan fingerprint density at radius 3 is 2.16 bits per heavy atom. The zero-order valence-electron chi connectivity index (χ0n) is 28.5. The molecule has 0 amide bonds.